The van der Waals surface area contributed by atoms with Crippen LogP contribution in [0, 0.1) is 11.3 Å². The molecule has 3 heterocycles. The summed E-state index contributed by atoms with van der Waals surface area (Å²) in [7, 11) is -0.196. The van der Waals surface area contributed by atoms with Crippen LogP contribution in [0.15, 0.2) is 47.0 Å². The Morgan fingerprint density at radius 3 is 2.89 bits per heavy atom. The van der Waals surface area contributed by atoms with Crippen LogP contribution in [0.5, 0.6) is 0 Å². The Kier molecular flexibility index (Phi) is 5.96. The highest BCUT2D eigenvalue weighted by Crippen LogP contribution is 2.39. The molecular weight excluding hydrogens is 460 g/mol. The predicted octanol–water partition coefficient (Wildman–Crippen LogP) is 4.54. The zero-order valence-corrected chi connectivity index (χ0v) is 20.6. The van der Waals surface area contributed by atoms with Gasteiger partial charge in [0.25, 0.3) is 0 Å². The molecule has 0 spiro atoms. The molecule has 3 aromatic rings. The molecule has 0 bridgehead atoms. The summed E-state index contributed by atoms with van der Waals surface area (Å²) < 4.78 is 16.1. The Morgan fingerprint density at radius 2 is 2.09 bits per heavy atom. The fourth-order valence-electron chi connectivity index (χ4n) is 4.59. The van der Waals surface area contributed by atoms with Gasteiger partial charge in [0.1, 0.15) is 17.5 Å². The SMILES string of the molecule is CN1Cc2cc(Nc3ncc(C#N)c(Nc4cccc(N=S(C)(C)=O)n4)n3)cc3c2C(CC=C3)C1. The Morgan fingerprint density at radius 1 is 1.23 bits per heavy atom. The second kappa shape index (κ2) is 9.09. The lowest BCUT2D eigenvalue weighted by molar-refractivity contribution is 0.280. The normalized spacial score (nSPS) is 16.8. The van der Waals surface area contributed by atoms with E-state index in [9.17, 15) is 9.47 Å². The van der Waals surface area contributed by atoms with Crippen molar-refractivity contribution in [3.05, 3.63) is 64.9 Å². The highest BCUT2D eigenvalue weighted by molar-refractivity contribution is 7.92. The average Bonchev–Trinajstić information content (AvgIpc) is 2.78. The van der Waals surface area contributed by atoms with Gasteiger partial charge in [-0.05, 0) is 54.4 Å². The summed E-state index contributed by atoms with van der Waals surface area (Å²) in [6.07, 6.45) is 10.1. The van der Waals surface area contributed by atoms with Gasteiger partial charge in [-0.25, -0.2) is 14.2 Å². The molecule has 10 heteroatoms. The molecule has 0 radical (unpaired) electrons. The van der Waals surface area contributed by atoms with Gasteiger partial charge >= 0.3 is 0 Å². The van der Waals surface area contributed by atoms with E-state index in [1.807, 2.05) is 0 Å². The molecule has 1 aliphatic carbocycles. The van der Waals surface area contributed by atoms with Crippen LogP contribution in [0.4, 0.5) is 29.1 Å². The summed E-state index contributed by atoms with van der Waals surface area (Å²) >= 11 is 0. The lowest BCUT2D eigenvalue weighted by Crippen LogP contribution is -2.31. The van der Waals surface area contributed by atoms with Crippen LogP contribution in [0.25, 0.3) is 6.08 Å². The third-order valence-electron chi connectivity index (χ3n) is 5.86. The number of rotatable bonds is 5. The molecule has 35 heavy (non-hydrogen) atoms. The predicted molar refractivity (Wildman–Crippen MR) is 139 cm³/mol. The molecule has 2 N–H and O–H groups in total. The van der Waals surface area contributed by atoms with Crippen molar-refractivity contribution in [1.29, 1.82) is 5.26 Å². The first kappa shape index (κ1) is 23.0. The smallest absolute Gasteiger partial charge is 0.229 e. The molecule has 1 aromatic carbocycles. The Labute approximate surface area is 205 Å². The van der Waals surface area contributed by atoms with Gasteiger partial charge in [0.15, 0.2) is 11.6 Å². The van der Waals surface area contributed by atoms with E-state index in [1.54, 1.807) is 30.7 Å². The lowest BCUT2D eigenvalue weighted by atomic mass is 9.81. The quantitative estimate of drug-likeness (QED) is 0.540. The van der Waals surface area contributed by atoms with Crippen LogP contribution in [0.2, 0.25) is 0 Å². The van der Waals surface area contributed by atoms with Gasteiger partial charge in [0, 0.05) is 46.9 Å². The van der Waals surface area contributed by atoms with E-state index < -0.39 is 9.73 Å². The number of hydrogen-bond acceptors (Lipinski definition) is 9. The number of benzene rings is 1. The number of allylic oxidation sites excluding steroid dienone is 1. The number of nitriles is 1. The highest BCUT2D eigenvalue weighted by atomic mass is 32.2. The molecule has 0 fully saturated rings. The van der Waals surface area contributed by atoms with E-state index in [4.69, 9.17) is 0 Å². The number of aromatic nitrogens is 3. The summed E-state index contributed by atoms with van der Waals surface area (Å²) in [4.78, 5) is 15.6. The summed E-state index contributed by atoms with van der Waals surface area (Å²) in [5.41, 5.74) is 5.17. The Hall–Kier alpha value is -3.81. The molecule has 1 atom stereocenters. The van der Waals surface area contributed by atoms with Crippen LogP contribution in [-0.4, -0.2) is 50.2 Å². The van der Waals surface area contributed by atoms with Gasteiger partial charge in [0.2, 0.25) is 5.95 Å². The number of hydrogen-bond donors (Lipinski definition) is 2. The standard InChI is InChI=1S/C25H26N8OS/c1-33-14-17-7-4-6-16-10-20(11-18(15-33)23(16)17)28-25-27-13-19(12-26)24(31-25)30-21-8-5-9-22(29-21)32-35(2,3)34/h4-6,8-11,13,17H,7,14-15H2,1-3H3,(H2,27,28,29,30,31). The topological polar surface area (TPSA) is 119 Å². The van der Waals surface area contributed by atoms with Crippen LogP contribution >= 0.6 is 0 Å². The second-order valence-corrected chi connectivity index (χ2v) is 11.7. The number of nitrogens with one attached hydrogen (secondary N) is 2. The van der Waals surface area contributed by atoms with E-state index in [0.29, 0.717) is 29.3 Å². The number of pyridine rings is 1. The van der Waals surface area contributed by atoms with Gasteiger partial charge < -0.3 is 15.5 Å². The van der Waals surface area contributed by atoms with Gasteiger partial charge in [-0.3, -0.25) is 0 Å². The first-order valence-electron chi connectivity index (χ1n) is 11.2. The van der Waals surface area contributed by atoms with Crippen molar-refractivity contribution >= 4 is 44.9 Å². The minimum atomic E-state index is -2.35. The van der Waals surface area contributed by atoms with Gasteiger partial charge in [-0.1, -0.05) is 18.2 Å². The third kappa shape index (κ3) is 5.16. The zero-order chi connectivity index (χ0) is 24.6. The van der Waals surface area contributed by atoms with Crippen molar-refractivity contribution in [2.75, 3.05) is 36.7 Å². The van der Waals surface area contributed by atoms with Gasteiger partial charge in [0.05, 0.1) is 6.20 Å². The number of nitrogens with zero attached hydrogens (tertiary/aromatic N) is 6. The Bertz CT molecular complexity index is 1490. The maximum Gasteiger partial charge on any atom is 0.229 e. The minimum absolute atomic E-state index is 0.280. The van der Waals surface area contributed by atoms with Crippen molar-refractivity contribution in [3.8, 4) is 6.07 Å². The second-order valence-electron chi connectivity index (χ2n) is 9.14. The van der Waals surface area contributed by atoms with E-state index in [-0.39, 0.29) is 5.56 Å². The van der Waals surface area contributed by atoms with E-state index in [2.05, 4.69) is 72.2 Å². The summed E-state index contributed by atoms with van der Waals surface area (Å²) in [5, 5.41) is 15.9. The minimum Gasteiger partial charge on any atom is -0.324 e. The van der Waals surface area contributed by atoms with Crippen LogP contribution in [-0.2, 0) is 16.3 Å². The molecule has 1 unspecified atom stereocenters. The van der Waals surface area contributed by atoms with Crippen molar-refractivity contribution in [1.82, 2.24) is 19.9 Å². The fourth-order valence-corrected chi connectivity index (χ4v) is 5.14. The van der Waals surface area contributed by atoms with Crippen molar-refractivity contribution in [2.45, 2.75) is 18.9 Å². The molecule has 2 aromatic heterocycles. The molecular formula is C25H26N8OS. The van der Waals surface area contributed by atoms with Crippen LogP contribution in [0.1, 0.15) is 34.6 Å². The third-order valence-corrected chi connectivity index (χ3v) is 6.48. The summed E-state index contributed by atoms with van der Waals surface area (Å²) in [5.74, 6) is 2.00. The van der Waals surface area contributed by atoms with Crippen molar-refractivity contribution < 1.29 is 4.21 Å². The molecule has 0 saturated carbocycles. The molecule has 1 aliphatic heterocycles. The van der Waals surface area contributed by atoms with Crippen LogP contribution in [0.3, 0.4) is 0 Å². The van der Waals surface area contributed by atoms with E-state index in [1.165, 1.54) is 22.9 Å². The Balaban J connectivity index is 1.44. The number of likely N-dealkylation sites (N-methyl/N-ethyl adjacent to an activating group) is 1. The molecule has 0 amide bonds. The maximum atomic E-state index is 12.0. The lowest BCUT2D eigenvalue weighted by Gasteiger charge is -2.35. The van der Waals surface area contributed by atoms with Gasteiger partial charge in [-0.15, -0.1) is 0 Å². The zero-order valence-electron chi connectivity index (χ0n) is 19.8. The fraction of sp³-hybridized carbons (Fsp3) is 0.280. The van der Waals surface area contributed by atoms with Gasteiger partial charge in [-0.2, -0.15) is 14.6 Å². The highest BCUT2D eigenvalue weighted by Gasteiger charge is 2.27. The first-order valence-corrected chi connectivity index (χ1v) is 13.6. The molecule has 178 valence electrons. The first-order chi connectivity index (χ1) is 16.8. The largest absolute Gasteiger partial charge is 0.324 e. The van der Waals surface area contributed by atoms with Crippen molar-refractivity contribution in [3.63, 3.8) is 0 Å². The summed E-state index contributed by atoms with van der Waals surface area (Å²) in [6, 6.07) is 11.6. The van der Waals surface area contributed by atoms with Crippen LogP contribution < -0.4 is 10.6 Å². The molecule has 0 saturated heterocycles. The van der Waals surface area contributed by atoms with E-state index in [0.717, 1.165) is 25.2 Å². The summed E-state index contributed by atoms with van der Waals surface area (Å²) in [6.45, 7) is 1.97. The molecule has 9 nitrogen and oxygen atoms in total. The monoisotopic (exact) mass is 486 g/mol. The number of anilines is 4. The van der Waals surface area contributed by atoms with Crippen molar-refractivity contribution in [2.24, 2.45) is 4.36 Å². The molecule has 5 rings (SSSR count). The van der Waals surface area contributed by atoms with E-state index >= 15 is 0 Å². The molecule has 2 aliphatic rings. The maximum absolute atomic E-state index is 12.0. The average molecular weight is 487 g/mol.